The van der Waals surface area contributed by atoms with E-state index in [-0.39, 0.29) is 24.8 Å². The molecule has 22 heavy (non-hydrogen) atoms. The molecule has 1 aliphatic carbocycles. The maximum Gasteiger partial charge on any atom is -0.147 e. The van der Waals surface area contributed by atoms with Gasteiger partial charge in [0.05, 0.1) is 0 Å². The number of rotatable bonds is 4. The predicted molar refractivity (Wildman–Crippen MR) is 96.0 cm³/mol. The standard InChI is InChI=1S/C15H11.C3H7O.2ClH.Ti/c1-2-6-12(5-1)15-10-9-13-7-3-4-8-14(13)11-15;1-3(2)4;;;/h1-5,7-10H,6H2;3H,1-2H3;2*1H;/q;-1;;;+1. The van der Waals surface area contributed by atoms with Crippen LogP contribution in [0, 0.1) is 0 Å². The van der Waals surface area contributed by atoms with Gasteiger partial charge < -0.3 is 0 Å². The maximum atomic E-state index is 6.01. The molecule has 0 spiro atoms. The Morgan fingerprint density at radius 1 is 1.05 bits per heavy atom. The first-order valence-corrected chi connectivity index (χ1v) is 8.47. The Morgan fingerprint density at radius 3 is 2.50 bits per heavy atom. The number of allylic oxidation sites excluding steroid dienone is 4. The van der Waals surface area contributed by atoms with Gasteiger partial charge in [-0.25, -0.2) is 0 Å². The first kappa shape index (κ1) is 19.5. The van der Waals surface area contributed by atoms with Crippen LogP contribution in [0.5, 0.6) is 0 Å². The van der Waals surface area contributed by atoms with Gasteiger partial charge in [-0.3, -0.25) is 0 Å². The van der Waals surface area contributed by atoms with Gasteiger partial charge in [0.1, 0.15) is 0 Å². The fraction of sp³-hybridized carbons (Fsp3) is 0.222. The van der Waals surface area contributed by atoms with Crippen LogP contribution < -0.4 is 3.87 Å². The van der Waals surface area contributed by atoms with Gasteiger partial charge >= 0.3 is 130 Å². The van der Waals surface area contributed by atoms with Crippen LogP contribution in [-0.2, 0) is 22.9 Å². The van der Waals surface area contributed by atoms with E-state index in [1.807, 2.05) is 0 Å². The molecule has 0 N–H and O–H groups in total. The molecule has 0 radical (unpaired) electrons. The Hall–Kier alpha value is -0.566. The van der Waals surface area contributed by atoms with Crippen LogP contribution >= 0.6 is 24.8 Å². The second kappa shape index (κ2) is 8.91. The number of halogens is 2. The van der Waals surface area contributed by atoms with E-state index in [0.717, 1.165) is 6.42 Å². The zero-order valence-corrected chi connectivity index (χ0v) is 15.9. The van der Waals surface area contributed by atoms with Crippen molar-refractivity contribution >= 4 is 45.0 Å². The van der Waals surface area contributed by atoms with Crippen LogP contribution in [0.1, 0.15) is 25.8 Å². The van der Waals surface area contributed by atoms with Gasteiger partial charge in [0, 0.05) is 0 Å². The molecule has 3 rings (SSSR count). The van der Waals surface area contributed by atoms with Crippen molar-refractivity contribution in [3.63, 3.8) is 0 Å². The van der Waals surface area contributed by atoms with E-state index in [1.165, 1.54) is 25.8 Å². The minimum atomic E-state index is -0.574. The minimum Gasteiger partial charge on any atom is -0.147 e. The number of fused-ring (bicyclic) bond motifs is 1. The van der Waals surface area contributed by atoms with Crippen molar-refractivity contribution in [2.24, 2.45) is 0 Å². The first-order chi connectivity index (χ1) is 9.75. The molecule has 0 bridgehead atoms. The molecule has 0 fully saturated rings. The summed E-state index contributed by atoms with van der Waals surface area (Å²) in [4.78, 5) is 0. The van der Waals surface area contributed by atoms with Crippen LogP contribution in [0.3, 0.4) is 0 Å². The quantitative estimate of drug-likeness (QED) is 0.682. The van der Waals surface area contributed by atoms with Crippen LogP contribution in [-0.4, -0.2) is 6.10 Å². The molecule has 0 amide bonds. The van der Waals surface area contributed by atoms with Gasteiger partial charge in [-0.1, -0.05) is 0 Å². The third-order valence-corrected chi connectivity index (χ3v) is 5.52. The Balaban J connectivity index is 0.00000121. The maximum absolute atomic E-state index is 6.01. The average molecular weight is 371 g/mol. The molecular weight excluding hydrogens is 351 g/mol. The summed E-state index contributed by atoms with van der Waals surface area (Å²) in [5.41, 5.74) is 2.80. The second-order valence-electron chi connectivity index (χ2n) is 5.30. The Morgan fingerprint density at radius 2 is 1.82 bits per heavy atom. The van der Waals surface area contributed by atoms with Crippen molar-refractivity contribution in [2.45, 2.75) is 26.4 Å². The van der Waals surface area contributed by atoms with Crippen molar-refractivity contribution in [1.29, 1.82) is 0 Å². The molecule has 4 heteroatoms. The van der Waals surface area contributed by atoms with Crippen molar-refractivity contribution in [3.8, 4) is 0 Å². The van der Waals surface area contributed by atoms with Crippen LogP contribution in [0.25, 0.3) is 16.3 Å². The van der Waals surface area contributed by atoms with Gasteiger partial charge in [0.25, 0.3) is 0 Å². The summed E-state index contributed by atoms with van der Waals surface area (Å²) in [5, 5.41) is 2.67. The van der Waals surface area contributed by atoms with Crippen molar-refractivity contribution in [3.05, 3.63) is 60.2 Å². The average Bonchev–Trinajstić information content (AvgIpc) is 2.98. The second-order valence-corrected chi connectivity index (χ2v) is 6.77. The SMILES string of the molecule is CC(C)[O][Ti][c]1c(C2=CC=CC2)ccc2ccccc12.Cl.Cl. The van der Waals surface area contributed by atoms with Gasteiger partial charge in [-0.2, -0.15) is 0 Å². The molecule has 0 saturated heterocycles. The summed E-state index contributed by atoms with van der Waals surface area (Å²) in [7, 11) is 0. The minimum absolute atomic E-state index is 0. The molecule has 0 saturated carbocycles. The molecule has 0 atom stereocenters. The molecule has 116 valence electrons. The van der Waals surface area contributed by atoms with E-state index >= 15 is 0 Å². The zero-order chi connectivity index (χ0) is 13.9. The van der Waals surface area contributed by atoms with Crippen molar-refractivity contribution in [1.82, 2.24) is 0 Å². The van der Waals surface area contributed by atoms with Gasteiger partial charge in [-0.15, -0.1) is 24.8 Å². The van der Waals surface area contributed by atoms with Gasteiger partial charge in [0.2, 0.25) is 0 Å². The number of hydrogen-bond donors (Lipinski definition) is 0. The topological polar surface area (TPSA) is 9.23 Å². The van der Waals surface area contributed by atoms with Gasteiger partial charge in [-0.05, 0) is 0 Å². The van der Waals surface area contributed by atoms with Gasteiger partial charge in [0.15, 0.2) is 0 Å². The Labute approximate surface area is 154 Å². The van der Waals surface area contributed by atoms with Crippen LogP contribution in [0.2, 0.25) is 0 Å². The normalized spacial score (nSPS) is 12.8. The smallest absolute Gasteiger partial charge is 0.147 e. The van der Waals surface area contributed by atoms with E-state index < -0.39 is 19.5 Å². The van der Waals surface area contributed by atoms with E-state index in [1.54, 1.807) is 0 Å². The summed E-state index contributed by atoms with van der Waals surface area (Å²) in [6, 6.07) is 13.1. The molecule has 2 aromatic rings. The van der Waals surface area contributed by atoms with E-state index in [2.05, 4.69) is 68.5 Å². The molecule has 0 aromatic heterocycles. The number of hydrogen-bond acceptors (Lipinski definition) is 1. The molecule has 0 heterocycles. The zero-order valence-electron chi connectivity index (χ0n) is 12.7. The Kier molecular flexibility index (Phi) is 7.89. The van der Waals surface area contributed by atoms with Crippen molar-refractivity contribution < 1.29 is 22.9 Å². The third kappa shape index (κ3) is 4.25. The van der Waals surface area contributed by atoms with Crippen LogP contribution in [0.4, 0.5) is 0 Å². The summed E-state index contributed by atoms with van der Waals surface area (Å²) in [6.45, 7) is 4.23. The summed E-state index contributed by atoms with van der Waals surface area (Å²) in [5.74, 6) is 0. The molecule has 1 nitrogen and oxygen atoms in total. The molecular formula is C18H20Cl2OTi. The monoisotopic (exact) mass is 370 g/mol. The molecule has 0 aliphatic heterocycles. The molecule has 1 aliphatic rings. The fourth-order valence-electron chi connectivity index (χ4n) is 2.47. The predicted octanol–water partition coefficient (Wildman–Crippen LogP) is 5.07. The van der Waals surface area contributed by atoms with E-state index in [4.69, 9.17) is 3.32 Å². The van der Waals surface area contributed by atoms with E-state index in [0.29, 0.717) is 6.10 Å². The summed E-state index contributed by atoms with van der Waals surface area (Å²) in [6.07, 6.45) is 7.95. The third-order valence-electron chi connectivity index (χ3n) is 3.44. The van der Waals surface area contributed by atoms with Crippen molar-refractivity contribution in [2.75, 3.05) is 0 Å². The van der Waals surface area contributed by atoms with Crippen LogP contribution in [0.15, 0.2) is 54.6 Å². The fourth-order valence-corrected chi connectivity index (χ4v) is 4.10. The number of benzene rings is 2. The summed E-state index contributed by atoms with van der Waals surface area (Å²) >= 11 is -0.574. The first-order valence-electron chi connectivity index (χ1n) is 7.05. The molecule has 2 aromatic carbocycles. The Bertz CT molecular complexity index is 693. The van der Waals surface area contributed by atoms with E-state index in [9.17, 15) is 0 Å². The largest absolute Gasteiger partial charge is 0.147 e. The summed E-state index contributed by atoms with van der Waals surface area (Å²) < 4.78 is 7.45. The molecule has 0 unspecified atom stereocenters.